The topological polar surface area (TPSA) is 71.2 Å². The van der Waals surface area contributed by atoms with E-state index in [2.05, 4.69) is 9.97 Å². The molecule has 1 aromatic carbocycles. The highest BCUT2D eigenvalue weighted by molar-refractivity contribution is 5.89. The van der Waals surface area contributed by atoms with Gasteiger partial charge in [-0.25, -0.2) is 14.4 Å². The van der Waals surface area contributed by atoms with Crippen LogP contribution in [0.15, 0.2) is 35.4 Å². The number of halogens is 4. The van der Waals surface area contributed by atoms with Crippen molar-refractivity contribution < 1.29 is 22.7 Å². The second kappa shape index (κ2) is 7.02. The van der Waals surface area contributed by atoms with Gasteiger partial charge in [0.15, 0.2) is 5.82 Å². The van der Waals surface area contributed by atoms with Gasteiger partial charge in [-0.2, -0.15) is 13.2 Å². The second-order valence-corrected chi connectivity index (χ2v) is 6.78. The lowest BCUT2D eigenvalue weighted by Crippen LogP contribution is -2.32. The molecule has 0 saturated carbocycles. The standard InChI is InChI=1S/C19H16F4N4O2/c20-12-5-4-6-13(28)16(12)27-14(19(21,22)23)9-11-15(18(27)29)24-10-25-17(11)26-7-2-1-3-8-26/h4-6,9-10,28H,1-3,7-8H2. The van der Waals surface area contributed by atoms with Crippen molar-refractivity contribution in [2.24, 2.45) is 0 Å². The molecule has 0 bridgehead atoms. The largest absolute Gasteiger partial charge is 0.506 e. The van der Waals surface area contributed by atoms with E-state index in [1.54, 1.807) is 0 Å². The summed E-state index contributed by atoms with van der Waals surface area (Å²) >= 11 is 0. The molecule has 1 saturated heterocycles. The van der Waals surface area contributed by atoms with Crippen LogP contribution in [0.1, 0.15) is 25.0 Å². The highest BCUT2D eigenvalue weighted by Gasteiger charge is 2.37. The van der Waals surface area contributed by atoms with Crippen molar-refractivity contribution in [2.45, 2.75) is 25.4 Å². The van der Waals surface area contributed by atoms with Crippen molar-refractivity contribution in [1.29, 1.82) is 0 Å². The van der Waals surface area contributed by atoms with Gasteiger partial charge in [0.2, 0.25) is 0 Å². The zero-order chi connectivity index (χ0) is 20.8. The number of piperidine rings is 1. The number of alkyl halides is 3. The lowest BCUT2D eigenvalue weighted by Gasteiger charge is -2.28. The van der Waals surface area contributed by atoms with E-state index in [1.165, 1.54) is 0 Å². The van der Waals surface area contributed by atoms with E-state index in [9.17, 15) is 27.5 Å². The quantitative estimate of drug-likeness (QED) is 0.656. The molecular weight excluding hydrogens is 392 g/mol. The van der Waals surface area contributed by atoms with Crippen LogP contribution >= 0.6 is 0 Å². The minimum Gasteiger partial charge on any atom is -0.506 e. The zero-order valence-electron chi connectivity index (χ0n) is 15.1. The maximum absolute atomic E-state index is 14.3. The molecule has 6 nitrogen and oxygen atoms in total. The molecule has 0 unspecified atom stereocenters. The molecular formula is C19H16F4N4O2. The molecule has 1 aliphatic heterocycles. The first-order valence-corrected chi connectivity index (χ1v) is 9.00. The number of anilines is 1. The van der Waals surface area contributed by atoms with E-state index in [-0.39, 0.29) is 21.3 Å². The Bertz CT molecular complexity index is 1120. The number of rotatable bonds is 2. The Morgan fingerprint density at radius 2 is 1.79 bits per heavy atom. The predicted molar refractivity (Wildman–Crippen MR) is 97.8 cm³/mol. The van der Waals surface area contributed by atoms with Crippen LogP contribution in [-0.4, -0.2) is 32.7 Å². The molecule has 1 N–H and O–H groups in total. The zero-order valence-corrected chi connectivity index (χ0v) is 15.1. The smallest absolute Gasteiger partial charge is 0.431 e. The van der Waals surface area contributed by atoms with Crippen molar-refractivity contribution in [3.05, 3.63) is 52.5 Å². The van der Waals surface area contributed by atoms with Crippen LogP contribution in [0.4, 0.5) is 23.4 Å². The van der Waals surface area contributed by atoms with E-state index < -0.39 is 34.7 Å². The first-order valence-electron chi connectivity index (χ1n) is 9.00. The fourth-order valence-corrected chi connectivity index (χ4v) is 3.62. The SMILES string of the molecule is O=c1c2ncnc(N3CCCCC3)c2cc(C(F)(F)F)n1-c1c(O)cccc1F. The van der Waals surface area contributed by atoms with Crippen LogP contribution in [0.5, 0.6) is 5.75 Å². The van der Waals surface area contributed by atoms with Crippen LogP contribution in [0.3, 0.4) is 0 Å². The van der Waals surface area contributed by atoms with Gasteiger partial charge in [0.1, 0.15) is 34.8 Å². The molecule has 29 heavy (non-hydrogen) atoms. The molecule has 1 fully saturated rings. The molecule has 2 aromatic heterocycles. The normalized spacial score (nSPS) is 15.1. The summed E-state index contributed by atoms with van der Waals surface area (Å²) in [5.41, 5.74) is -3.75. The van der Waals surface area contributed by atoms with E-state index in [0.29, 0.717) is 13.1 Å². The van der Waals surface area contributed by atoms with Crippen molar-refractivity contribution in [2.75, 3.05) is 18.0 Å². The lowest BCUT2D eigenvalue weighted by atomic mass is 10.1. The molecule has 3 aromatic rings. The minimum absolute atomic E-state index is 0.0567. The summed E-state index contributed by atoms with van der Waals surface area (Å²) in [5, 5.41) is 9.93. The summed E-state index contributed by atoms with van der Waals surface area (Å²) in [6.45, 7) is 1.20. The van der Waals surface area contributed by atoms with E-state index in [0.717, 1.165) is 49.9 Å². The monoisotopic (exact) mass is 408 g/mol. The number of fused-ring (bicyclic) bond motifs is 1. The number of hydrogen-bond donors (Lipinski definition) is 1. The number of aromatic hydroxyl groups is 1. The van der Waals surface area contributed by atoms with Gasteiger partial charge < -0.3 is 10.0 Å². The third-order valence-electron chi connectivity index (χ3n) is 4.93. The summed E-state index contributed by atoms with van der Waals surface area (Å²) in [5.74, 6) is -1.72. The molecule has 4 rings (SSSR count). The third kappa shape index (κ3) is 3.28. The molecule has 152 valence electrons. The van der Waals surface area contributed by atoms with Crippen molar-refractivity contribution in [3.8, 4) is 11.4 Å². The highest BCUT2D eigenvalue weighted by Crippen LogP contribution is 2.36. The number of phenols is 1. The molecule has 10 heteroatoms. The Labute approximate surface area is 162 Å². The van der Waals surface area contributed by atoms with Gasteiger partial charge in [-0.05, 0) is 37.5 Å². The Kier molecular flexibility index (Phi) is 4.64. The number of phenolic OH excluding ortho intramolecular Hbond substituents is 1. The minimum atomic E-state index is -4.99. The van der Waals surface area contributed by atoms with Gasteiger partial charge in [-0.1, -0.05) is 6.07 Å². The van der Waals surface area contributed by atoms with E-state index >= 15 is 0 Å². The Balaban J connectivity index is 2.08. The number of hydrogen-bond acceptors (Lipinski definition) is 5. The van der Waals surface area contributed by atoms with Crippen LogP contribution in [-0.2, 0) is 6.18 Å². The molecule has 1 aliphatic rings. The van der Waals surface area contributed by atoms with Crippen LogP contribution in [0.25, 0.3) is 16.6 Å². The lowest BCUT2D eigenvalue weighted by molar-refractivity contribution is -0.142. The number of pyridine rings is 1. The molecule has 3 heterocycles. The average Bonchev–Trinajstić information content (AvgIpc) is 2.68. The first kappa shape index (κ1) is 19.2. The summed E-state index contributed by atoms with van der Waals surface area (Å²) in [7, 11) is 0. The maximum atomic E-state index is 14.3. The predicted octanol–water partition coefficient (Wildman–Crippen LogP) is 3.63. The molecule has 0 atom stereocenters. The molecule has 0 spiro atoms. The first-order chi connectivity index (χ1) is 13.8. The molecule has 0 aliphatic carbocycles. The Hall–Kier alpha value is -3.17. The summed E-state index contributed by atoms with van der Waals surface area (Å²) in [4.78, 5) is 22.8. The van der Waals surface area contributed by atoms with Gasteiger partial charge in [0, 0.05) is 13.1 Å². The van der Waals surface area contributed by atoms with Crippen molar-refractivity contribution in [3.63, 3.8) is 0 Å². The Morgan fingerprint density at radius 3 is 2.45 bits per heavy atom. The summed E-state index contributed by atoms with van der Waals surface area (Å²) in [6.07, 6.45) is -1.16. The van der Waals surface area contributed by atoms with Gasteiger partial charge in [0.25, 0.3) is 5.56 Å². The van der Waals surface area contributed by atoms with Gasteiger partial charge in [-0.15, -0.1) is 0 Å². The number of nitrogens with zero attached hydrogens (tertiary/aromatic N) is 4. The highest BCUT2D eigenvalue weighted by atomic mass is 19.4. The van der Waals surface area contributed by atoms with Crippen molar-refractivity contribution in [1.82, 2.24) is 14.5 Å². The number of aromatic nitrogens is 3. The fraction of sp³-hybridized carbons (Fsp3) is 0.316. The van der Waals surface area contributed by atoms with Gasteiger partial charge >= 0.3 is 6.18 Å². The fourth-order valence-electron chi connectivity index (χ4n) is 3.62. The molecule has 0 radical (unpaired) electrons. The average molecular weight is 408 g/mol. The van der Waals surface area contributed by atoms with Crippen LogP contribution < -0.4 is 10.5 Å². The van der Waals surface area contributed by atoms with E-state index in [4.69, 9.17) is 0 Å². The van der Waals surface area contributed by atoms with Crippen LogP contribution in [0.2, 0.25) is 0 Å². The summed E-state index contributed by atoms with van der Waals surface area (Å²) < 4.78 is 56.0. The maximum Gasteiger partial charge on any atom is 0.431 e. The number of para-hydroxylation sites is 1. The van der Waals surface area contributed by atoms with Crippen LogP contribution in [0, 0.1) is 5.82 Å². The van der Waals surface area contributed by atoms with Gasteiger partial charge in [-0.3, -0.25) is 9.36 Å². The number of benzene rings is 1. The molecule has 0 amide bonds. The van der Waals surface area contributed by atoms with Crippen molar-refractivity contribution >= 4 is 16.7 Å². The second-order valence-electron chi connectivity index (χ2n) is 6.78. The van der Waals surface area contributed by atoms with E-state index in [1.807, 2.05) is 4.90 Å². The van der Waals surface area contributed by atoms with Gasteiger partial charge in [0.05, 0.1) is 5.39 Å². The third-order valence-corrected chi connectivity index (χ3v) is 4.93. The Morgan fingerprint density at radius 1 is 1.07 bits per heavy atom. The summed E-state index contributed by atoms with van der Waals surface area (Å²) in [6, 6.07) is 3.75.